The molecule has 0 atom stereocenters. The van der Waals surface area contributed by atoms with E-state index >= 15 is 0 Å². The second-order valence-corrected chi connectivity index (χ2v) is 7.15. The van der Waals surface area contributed by atoms with Crippen molar-refractivity contribution >= 4 is 12.2 Å². The number of aromatic nitrogens is 2. The molecule has 0 amide bonds. The Hall–Kier alpha value is -0.570. The number of nitrogens with zero attached hydrogens (tertiary/aromatic N) is 1. The van der Waals surface area contributed by atoms with Gasteiger partial charge in [0.1, 0.15) is 0 Å². The number of imidazole rings is 1. The van der Waals surface area contributed by atoms with Gasteiger partial charge in [0.05, 0.1) is 0 Å². The Kier molecular flexibility index (Phi) is 2.51. The lowest BCUT2D eigenvalue weighted by atomic mass is 9.91. The molecule has 1 aromatic heterocycles. The van der Waals surface area contributed by atoms with Gasteiger partial charge in [-0.1, -0.05) is 20.8 Å². The number of aromatic amines is 1. The van der Waals surface area contributed by atoms with Gasteiger partial charge in [0, 0.05) is 23.3 Å². The van der Waals surface area contributed by atoms with E-state index in [1.807, 2.05) is 0 Å². The Labute approximate surface area is 108 Å². The van der Waals surface area contributed by atoms with E-state index in [1.54, 1.807) is 0 Å². The van der Waals surface area contributed by atoms with Crippen molar-refractivity contribution in [2.75, 3.05) is 0 Å². The van der Waals surface area contributed by atoms with Gasteiger partial charge in [0.25, 0.3) is 0 Å². The van der Waals surface area contributed by atoms with E-state index in [0.717, 1.165) is 16.6 Å². The van der Waals surface area contributed by atoms with E-state index in [2.05, 4.69) is 36.5 Å². The van der Waals surface area contributed by atoms with Gasteiger partial charge in [-0.05, 0) is 49.7 Å². The van der Waals surface area contributed by atoms with Gasteiger partial charge >= 0.3 is 0 Å². The Morgan fingerprint density at radius 3 is 2.18 bits per heavy atom. The molecule has 0 radical (unpaired) electrons. The van der Waals surface area contributed by atoms with Crippen molar-refractivity contribution in [1.29, 1.82) is 0 Å². The zero-order valence-corrected chi connectivity index (χ0v) is 11.8. The van der Waals surface area contributed by atoms with Gasteiger partial charge in [-0.25, -0.2) is 0 Å². The minimum Gasteiger partial charge on any atom is -0.337 e. The molecule has 3 heteroatoms. The Morgan fingerprint density at radius 1 is 1.24 bits per heavy atom. The molecule has 2 aliphatic carbocycles. The van der Waals surface area contributed by atoms with E-state index < -0.39 is 0 Å². The summed E-state index contributed by atoms with van der Waals surface area (Å²) in [6.45, 7) is 6.83. The molecule has 2 fully saturated rings. The molecule has 0 unspecified atom stereocenters. The second kappa shape index (κ2) is 3.71. The average molecular weight is 250 g/mol. The minimum absolute atomic E-state index is 0.176. The van der Waals surface area contributed by atoms with Crippen LogP contribution in [-0.4, -0.2) is 9.55 Å². The van der Waals surface area contributed by atoms with Crippen molar-refractivity contribution in [3.63, 3.8) is 0 Å². The number of nitrogens with one attached hydrogen (secondary N) is 1. The summed E-state index contributed by atoms with van der Waals surface area (Å²) in [4.78, 5) is 3.27. The van der Waals surface area contributed by atoms with Gasteiger partial charge in [-0.3, -0.25) is 0 Å². The maximum absolute atomic E-state index is 5.52. The first-order valence-electron chi connectivity index (χ1n) is 6.79. The fourth-order valence-electron chi connectivity index (χ4n) is 2.93. The molecule has 2 saturated carbocycles. The molecule has 0 aromatic carbocycles. The predicted molar refractivity (Wildman–Crippen MR) is 72.8 cm³/mol. The molecule has 1 aromatic rings. The summed E-state index contributed by atoms with van der Waals surface area (Å²) in [6.07, 6.45) is 7.73. The highest BCUT2D eigenvalue weighted by molar-refractivity contribution is 7.71. The fraction of sp³-hybridized carbons (Fsp3) is 0.786. The van der Waals surface area contributed by atoms with Gasteiger partial charge in [-0.15, -0.1) is 0 Å². The SMILES string of the molecule is CC(C)(C)c1c[nH]c(=S)n1C(C1CC1)C1CC1. The van der Waals surface area contributed by atoms with Crippen molar-refractivity contribution in [2.45, 2.75) is 57.9 Å². The van der Waals surface area contributed by atoms with Crippen molar-refractivity contribution < 1.29 is 0 Å². The first-order valence-corrected chi connectivity index (χ1v) is 7.19. The molecule has 0 saturated heterocycles. The third-order valence-electron chi connectivity index (χ3n) is 4.09. The first kappa shape index (κ1) is 11.5. The number of H-pyrrole nitrogens is 1. The van der Waals surface area contributed by atoms with Crippen LogP contribution in [0.2, 0.25) is 0 Å². The first-order chi connectivity index (χ1) is 7.98. The molecule has 1 heterocycles. The largest absolute Gasteiger partial charge is 0.337 e. The van der Waals surface area contributed by atoms with E-state index in [1.165, 1.54) is 31.4 Å². The van der Waals surface area contributed by atoms with Crippen LogP contribution >= 0.6 is 12.2 Å². The molecular weight excluding hydrogens is 228 g/mol. The summed E-state index contributed by atoms with van der Waals surface area (Å²) in [6, 6.07) is 0.683. The van der Waals surface area contributed by atoms with Crippen LogP contribution < -0.4 is 0 Å². The summed E-state index contributed by atoms with van der Waals surface area (Å²) in [5.41, 5.74) is 1.56. The summed E-state index contributed by atoms with van der Waals surface area (Å²) < 4.78 is 3.38. The van der Waals surface area contributed by atoms with E-state index in [-0.39, 0.29) is 5.41 Å². The molecule has 94 valence electrons. The summed E-state index contributed by atoms with van der Waals surface area (Å²) in [5, 5.41) is 0. The van der Waals surface area contributed by atoms with Crippen molar-refractivity contribution in [1.82, 2.24) is 9.55 Å². The fourth-order valence-corrected chi connectivity index (χ4v) is 3.21. The lowest BCUT2D eigenvalue weighted by molar-refractivity contribution is 0.360. The topological polar surface area (TPSA) is 20.7 Å². The van der Waals surface area contributed by atoms with Crippen LogP contribution in [0.1, 0.15) is 58.2 Å². The van der Waals surface area contributed by atoms with Crippen LogP contribution in [0.15, 0.2) is 6.20 Å². The van der Waals surface area contributed by atoms with E-state index in [0.29, 0.717) is 6.04 Å². The predicted octanol–water partition coefficient (Wildman–Crippen LogP) is 4.20. The summed E-state index contributed by atoms with van der Waals surface area (Å²) in [5.74, 6) is 1.79. The highest BCUT2D eigenvalue weighted by Gasteiger charge is 2.44. The Balaban J connectivity index is 2.05. The standard InChI is InChI=1S/C14H22N2S/c1-14(2,3)11-8-15-13(17)16(11)12(9-4-5-9)10-6-7-10/h8-10,12H,4-7H2,1-3H3,(H,15,17). The van der Waals surface area contributed by atoms with Crippen LogP contribution in [0, 0.1) is 16.6 Å². The molecule has 0 spiro atoms. The lowest BCUT2D eigenvalue weighted by Gasteiger charge is -2.27. The maximum atomic E-state index is 5.52. The highest BCUT2D eigenvalue weighted by Crippen LogP contribution is 2.53. The molecule has 1 N–H and O–H groups in total. The van der Waals surface area contributed by atoms with E-state index in [9.17, 15) is 0 Å². The van der Waals surface area contributed by atoms with Crippen LogP contribution in [-0.2, 0) is 5.41 Å². The van der Waals surface area contributed by atoms with Gasteiger partial charge in [-0.2, -0.15) is 0 Å². The molecule has 0 aliphatic heterocycles. The minimum atomic E-state index is 0.176. The van der Waals surface area contributed by atoms with Crippen molar-refractivity contribution in [3.8, 4) is 0 Å². The van der Waals surface area contributed by atoms with Crippen LogP contribution in [0.5, 0.6) is 0 Å². The van der Waals surface area contributed by atoms with Gasteiger partial charge in [0.15, 0.2) is 4.77 Å². The van der Waals surface area contributed by atoms with Gasteiger partial charge in [0.2, 0.25) is 0 Å². The van der Waals surface area contributed by atoms with Crippen molar-refractivity contribution in [3.05, 3.63) is 16.7 Å². The van der Waals surface area contributed by atoms with Crippen LogP contribution in [0.25, 0.3) is 0 Å². The summed E-state index contributed by atoms with van der Waals surface area (Å²) >= 11 is 5.52. The zero-order chi connectivity index (χ0) is 12.2. The quantitative estimate of drug-likeness (QED) is 0.797. The molecule has 2 nitrogen and oxygen atoms in total. The molecule has 17 heavy (non-hydrogen) atoms. The monoisotopic (exact) mass is 250 g/mol. The smallest absolute Gasteiger partial charge is 0.177 e. The average Bonchev–Trinajstić information content (AvgIpc) is 3.08. The molecular formula is C14H22N2S. The molecule has 2 aliphatic rings. The molecule has 3 rings (SSSR count). The van der Waals surface area contributed by atoms with Gasteiger partial charge < -0.3 is 9.55 Å². The van der Waals surface area contributed by atoms with Crippen molar-refractivity contribution in [2.24, 2.45) is 11.8 Å². The third-order valence-corrected chi connectivity index (χ3v) is 4.40. The summed E-state index contributed by atoms with van der Waals surface area (Å²) in [7, 11) is 0. The zero-order valence-electron chi connectivity index (χ0n) is 11.0. The van der Waals surface area contributed by atoms with Crippen LogP contribution in [0.4, 0.5) is 0 Å². The highest BCUT2D eigenvalue weighted by atomic mass is 32.1. The number of rotatable bonds is 3. The Morgan fingerprint density at radius 2 is 1.76 bits per heavy atom. The maximum Gasteiger partial charge on any atom is 0.177 e. The van der Waals surface area contributed by atoms with Crippen LogP contribution in [0.3, 0.4) is 0 Å². The van der Waals surface area contributed by atoms with E-state index in [4.69, 9.17) is 12.2 Å². The molecule has 0 bridgehead atoms. The second-order valence-electron chi connectivity index (χ2n) is 6.76. The lowest BCUT2D eigenvalue weighted by Crippen LogP contribution is -2.23. The number of hydrogen-bond donors (Lipinski definition) is 1. The Bertz CT molecular complexity index is 457. The third kappa shape index (κ3) is 2.10. The number of hydrogen-bond acceptors (Lipinski definition) is 1. The normalized spacial score (nSPS) is 21.2.